The molecule has 1 fully saturated rings. The van der Waals surface area contributed by atoms with Gasteiger partial charge in [0, 0.05) is 6.54 Å². The van der Waals surface area contributed by atoms with Gasteiger partial charge in [-0.3, -0.25) is 14.2 Å². The number of carbonyl (C=O) groups is 1. The van der Waals surface area contributed by atoms with Crippen molar-refractivity contribution in [3.8, 4) is 5.75 Å². The first kappa shape index (κ1) is 20.1. The Bertz CT molecular complexity index is 1110. The van der Waals surface area contributed by atoms with Crippen LogP contribution in [0.15, 0.2) is 53.6 Å². The molecule has 30 heavy (non-hydrogen) atoms. The molecule has 6 nitrogen and oxygen atoms in total. The molecule has 156 valence electrons. The van der Waals surface area contributed by atoms with E-state index in [0.717, 1.165) is 43.1 Å². The standard InChI is InChI=1S/C23H24FN3O3/c1-30-18-9-6-16(7-10-18)21-5-3-2-4-12-27(21)22(28)14-26-15-25-20-11-8-17(24)13-19(20)23(26)29/h6-11,13,15,21H,2-5,12,14H2,1H3. The van der Waals surface area contributed by atoms with E-state index in [2.05, 4.69) is 4.98 Å². The molecule has 2 aromatic carbocycles. The van der Waals surface area contributed by atoms with E-state index < -0.39 is 11.4 Å². The van der Waals surface area contributed by atoms with Gasteiger partial charge in [0.2, 0.25) is 5.91 Å². The number of hydrogen-bond donors (Lipinski definition) is 0. The quantitative estimate of drug-likeness (QED) is 0.659. The molecule has 1 aromatic heterocycles. The molecule has 1 saturated heterocycles. The van der Waals surface area contributed by atoms with E-state index >= 15 is 0 Å². The van der Waals surface area contributed by atoms with Crippen LogP contribution in [0.2, 0.25) is 0 Å². The molecule has 0 saturated carbocycles. The second kappa shape index (κ2) is 8.65. The number of amides is 1. The largest absolute Gasteiger partial charge is 0.497 e. The Hall–Kier alpha value is -3.22. The van der Waals surface area contributed by atoms with Crippen molar-refractivity contribution >= 4 is 16.8 Å². The molecule has 2 heterocycles. The molecule has 0 bridgehead atoms. The van der Waals surface area contributed by atoms with Crippen molar-refractivity contribution < 1.29 is 13.9 Å². The van der Waals surface area contributed by atoms with Crippen molar-refractivity contribution in [2.75, 3.05) is 13.7 Å². The van der Waals surface area contributed by atoms with Crippen LogP contribution in [0.1, 0.15) is 37.3 Å². The number of benzene rings is 2. The summed E-state index contributed by atoms with van der Waals surface area (Å²) in [6, 6.07) is 11.6. The SMILES string of the molecule is COc1ccc(C2CCCCCN2C(=O)Cn2cnc3ccc(F)cc3c2=O)cc1. The van der Waals surface area contributed by atoms with Gasteiger partial charge in [-0.15, -0.1) is 0 Å². The van der Waals surface area contributed by atoms with E-state index in [1.807, 2.05) is 29.2 Å². The van der Waals surface area contributed by atoms with Gasteiger partial charge in [0.25, 0.3) is 5.56 Å². The minimum Gasteiger partial charge on any atom is -0.497 e. The van der Waals surface area contributed by atoms with E-state index in [-0.39, 0.29) is 23.9 Å². The third-order valence-corrected chi connectivity index (χ3v) is 5.67. The number of nitrogens with zero attached hydrogens (tertiary/aromatic N) is 3. The fraction of sp³-hybridized carbons (Fsp3) is 0.348. The first-order valence-corrected chi connectivity index (χ1v) is 10.1. The van der Waals surface area contributed by atoms with Crippen LogP contribution in [-0.2, 0) is 11.3 Å². The number of carbonyl (C=O) groups excluding carboxylic acids is 1. The highest BCUT2D eigenvalue weighted by Gasteiger charge is 2.27. The highest BCUT2D eigenvalue weighted by atomic mass is 19.1. The zero-order valence-corrected chi connectivity index (χ0v) is 16.9. The molecule has 1 aliphatic heterocycles. The number of likely N-dealkylation sites (tertiary alicyclic amines) is 1. The molecular formula is C23H24FN3O3. The van der Waals surface area contributed by atoms with E-state index in [1.54, 1.807) is 7.11 Å². The Balaban J connectivity index is 1.62. The Labute approximate surface area is 173 Å². The van der Waals surface area contributed by atoms with E-state index in [0.29, 0.717) is 12.1 Å². The molecule has 4 rings (SSSR count). The van der Waals surface area contributed by atoms with Crippen LogP contribution in [0.5, 0.6) is 5.75 Å². The number of ether oxygens (including phenoxy) is 1. The van der Waals surface area contributed by atoms with Crippen LogP contribution >= 0.6 is 0 Å². The maximum Gasteiger partial charge on any atom is 0.261 e. The number of hydrogen-bond acceptors (Lipinski definition) is 4. The van der Waals surface area contributed by atoms with Crippen LogP contribution in [0.3, 0.4) is 0 Å². The highest BCUT2D eigenvalue weighted by Crippen LogP contribution is 2.31. The van der Waals surface area contributed by atoms with Crippen molar-refractivity contribution in [2.45, 2.75) is 38.3 Å². The summed E-state index contributed by atoms with van der Waals surface area (Å²) in [5, 5.41) is 0.174. The predicted octanol–water partition coefficient (Wildman–Crippen LogP) is 3.69. The molecule has 1 aliphatic rings. The average molecular weight is 409 g/mol. The lowest BCUT2D eigenvalue weighted by Crippen LogP contribution is -2.39. The maximum absolute atomic E-state index is 13.6. The van der Waals surface area contributed by atoms with Crippen molar-refractivity contribution in [1.82, 2.24) is 14.5 Å². The van der Waals surface area contributed by atoms with Crippen LogP contribution in [0.25, 0.3) is 10.9 Å². The molecule has 7 heteroatoms. The summed E-state index contributed by atoms with van der Waals surface area (Å²) in [6.07, 6.45) is 5.26. The fourth-order valence-corrected chi connectivity index (χ4v) is 4.06. The van der Waals surface area contributed by atoms with Gasteiger partial charge in [-0.1, -0.05) is 25.0 Å². The predicted molar refractivity (Wildman–Crippen MR) is 112 cm³/mol. The lowest BCUT2D eigenvalue weighted by atomic mass is 10.0. The Kier molecular flexibility index (Phi) is 5.79. The molecule has 1 amide bonds. The topological polar surface area (TPSA) is 64.4 Å². The van der Waals surface area contributed by atoms with Gasteiger partial charge in [-0.2, -0.15) is 0 Å². The molecule has 0 aliphatic carbocycles. The fourth-order valence-electron chi connectivity index (χ4n) is 4.06. The average Bonchev–Trinajstić information content (AvgIpc) is 3.02. The number of fused-ring (bicyclic) bond motifs is 1. The van der Waals surface area contributed by atoms with Gasteiger partial charge in [-0.25, -0.2) is 9.37 Å². The summed E-state index contributed by atoms with van der Waals surface area (Å²) in [5.41, 5.74) is 1.05. The number of methoxy groups -OCH3 is 1. The second-order valence-electron chi connectivity index (χ2n) is 7.56. The van der Waals surface area contributed by atoms with Gasteiger partial charge < -0.3 is 9.64 Å². The van der Waals surface area contributed by atoms with Crippen LogP contribution in [-0.4, -0.2) is 34.0 Å². The van der Waals surface area contributed by atoms with Gasteiger partial charge >= 0.3 is 0 Å². The van der Waals surface area contributed by atoms with Crippen molar-refractivity contribution in [3.63, 3.8) is 0 Å². The zero-order chi connectivity index (χ0) is 21.1. The van der Waals surface area contributed by atoms with E-state index in [4.69, 9.17) is 4.74 Å². The Morgan fingerprint density at radius 1 is 1.17 bits per heavy atom. The molecule has 0 N–H and O–H groups in total. The van der Waals surface area contributed by atoms with Crippen LogP contribution in [0.4, 0.5) is 4.39 Å². The molecule has 1 atom stereocenters. The van der Waals surface area contributed by atoms with Crippen molar-refractivity contribution in [1.29, 1.82) is 0 Å². The Morgan fingerprint density at radius 3 is 2.73 bits per heavy atom. The Morgan fingerprint density at radius 2 is 1.97 bits per heavy atom. The zero-order valence-electron chi connectivity index (χ0n) is 16.9. The second-order valence-corrected chi connectivity index (χ2v) is 7.56. The third kappa shape index (κ3) is 4.06. The molecule has 3 aromatic rings. The third-order valence-electron chi connectivity index (χ3n) is 5.67. The molecule has 1 unspecified atom stereocenters. The van der Waals surface area contributed by atoms with Gasteiger partial charge in [0.1, 0.15) is 18.1 Å². The summed E-state index contributed by atoms with van der Waals surface area (Å²) >= 11 is 0. The van der Waals surface area contributed by atoms with E-state index in [9.17, 15) is 14.0 Å². The summed E-state index contributed by atoms with van der Waals surface area (Å²) in [6.45, 7) is 0.519. The summed E-state index contributed by atoms with van der Waals surface area (Å²) in [4.78, 5) is 32.0. The normalized spacial score (nSPS) is 17.0. The highest BCUT2D eigenvalue weighted by molar-refractivity contribution is 5.79. The minimum absolute atomic E-state index is 0.0486. The first-order valence-electron chi connectivity index (χ1n) is 10.1. The van der Waals surface area contributed by atoms with Crippen LogP contribution in [0, 0.1) is 5.82 Å². The van der Waals surface area contributed by atoms with Gasteiger partial charge in [-0.05, 0) is 48.7 Å². The smallest absolute Gasteiger partial charge is 0.261 e. The van der Waals surface area contributed by atoms with Gasteiger partial charge in [0.15, 0.2) is 0 Å². The number of rotatable bonds is 4. The van der Waals surface area contributed by atoms with Crippen molar-refractivity contribution in [2.24, 2.45) is 0 Å². The van der Waals surface area contributed by atoms with Crippen LogP contribution < -0.4 is 10.3 Å². The van der Waals surface area contributed by atoms with Crippen molar-refractivity contribution in [3.05, 3.63) is 70.5 Å². The van der Waals surface area contributed by atoms with Gasteiger partial charge in [0.05, 0.1) is 30.4 Å². The minimum atomic E-state index is -0.502. The summed E-state index contributed by atoms with van der Waals surface area (Å²) in [7, 11) is 1.62. The summed E-state index contributed by atoms with van der Waals surface area (Å²) < 4.78 is 20.1. The molecule has 0 spiro atoms. The maximum atomic E-state index is 13.6. The first-order chi connectivity index (χ1) is 14.6. The monoisotopic (exact) mass is 409 g/mol. The number of halogens is 1. The molecular weight excluding hydrogens is 385 g/mol. The molecule has 0 radical (unpaired) electrons. The lowest BCUT2D eigenvalue weighted by Gasteiger charge is -2.31. The van der Waals surface area contributed by atoms with E-state index in [1.165, 1.54) is 23.0 Å². The lowest BCUT2D eigenvalue weighted by molar-refractivity contribution is -0.134. The summed E-state index contributed by atoms with van der Waals surface area (Å²) in [5.74, 6) is 0.126. The number of aromatic nitrogens is 2.